The number of phosphoric ester groups is 1. The van der Waals surface area contributed by atoms with Gasteiger partial charge in [0, 0.05) is 19.4 Å². The number of esters is 2. The highest BCUT2D eigenvalue weighted by molar-refractivity contribution is 7.47. The minimum Gasteiger partial charge on any atom is -0.462 e. The molecule has 0 aliphatic carbocycles. The van der Waals surface area contributed by atoms with Crippen molar-refractivity contribution in [1.29, 1.82) is 0 Å². The highest BCUT2D eigenvalue weighted by Gasteiger charge is 2.26. The molecule has 0 heterocycles. The third kappa shape index (κ3) is 59.1. The highest BCUT2D eigenvalue weighted by Crippen LogP contribution is 2.43. The molecule has 0 aliphatic rings. The Morgan fingerprint density at radius 2 is 0.712 bits per heavy atom. The van der Waals surface area contributed by atoms with Crippen LogP contribution >= 0.6 is 7.82 Å². The summed E-state index contributed by atoms with van der Waals surface area (Å²) in [5.41, 5.74) is 5.39. The molecule has 0 rings (SSSR count). The first-order chi connectivity index (χ1) is 35.8. The van der Waals surface area contributed by atoms with Gasteiger partial charge in [0.25, 0.3) is 0 Å². The van der Waals surface area contributed by atoms with Crippen molar-refractivity contribution >= 4 is 19.8 Å². The monoisotopic (exact) mass is 1050 g/mol. The molecule has 0 aliphatic heterocycles. The van der Waals surface area contributed by atoms with Crippen LogP contribution < -0.4 is 5.73 Å². The maximum atomic E-state index is 12.7. The van der Waals surface area contributed by atoms with Crippen LogP contribution in [-0.2, 0) is 32.7 Å². The van der Waals surface area contributed by atoms with Gasteiger partial charge in [0.05, 0.1) is 13.2 Å². The van der Waals surface area contributed by atoms with Gasteiger partial charge in [-0.05, 0) is 77.0 Å². The van der Waals surface area contributed by atoms with Gasteiger partial charge in [0.2, 0.25) is 0 Å². The fourth-order valence-corrected chi connectivity index (χ4v) is 9.82. The van der Waals surface area contributed by atoms with Crippen LogP contribution in [0.15, 0.2) is 48.6 Å². The molecule has 0 radical (unpaired) electrons. The van der Waals surface area contributed by atoms with Crippen LogP contribution in [0.3, 0.4) is 0 Å². The van der Waals surface area contributed by atoms with E-state index in [0.717, 1.165) is 57.8 Å². The molecule has 0 saturated heterocycles. The maximum Gasteiger partial charge on any atom is 0.472 e. The van der Waals surface area contributed by atoms with Crippen molar-refractivity contribution in [2.24, 2.45) is 5.73 Å². The first kappa shape index (κ1) is 71.0. The lowest BCUT2D eigenvalue weighted by Crippen LogP contribution is -2.29. The third-order valence-corrected chi connectivity index (χ3v) is 14.7. The Labute approximate surface area is 451 Å². The van der Waals surface area contributed by atoms with E-state index < -0.39 is 26.5 Å². The number of allylic oxidation sites excluding steroid dienone is 8. The molecule has 0 amide bonds. The molecule has 0 spiro atoms. The molecule has 10 heteroatoms. The molecule has 0 bridgehead atoms. The van der Waals surface area contributed by atoms with Crippen molar-refractivity contribution in [1.82, 2.24) is 0 Å². The lowest BCUT2D eigenvalue weighted by atomic mass is 10.0. The van der Waals surface area contributed by atoms with Crippen molar-refractivity contribution < 1.29 is 37.6 Å². The van der Waals surface area contributed by atoms with Crippen LogP contribution in [0.25, 0.3) is 0 Å². The van der Waals surface area contributed by atoms with Gasteiger partial charge in [-0.25, -0.2) is 4.57 Å². The highest BCUT2D eigenvalue weighted by atomic mass is 31.2. The number of rotatable bonds is 59. The predicted octanol–water partition coefficient (Wildman–Crippen LogP) is 19.7. The fraction of sp³-hybridized carbons (Fsp3) is 0.841. The molecule has 0 aromatic rings. The third-order valence-electron chi connectivity index (χ3n) is 13.7. The van der Waals surface area contributed by atoms with E-state index >= 15 is 0 Å². The van der Waals surface area contributed by atoms with Crippen LogP contribution in [0.2, 0.25) is 0 Å². The largest absolute Gasteiger partial charge is 0.472 e. The van der Waals surface area contributed by atoms with Gasteiger partial charge in [-0.1, -0.05) is 268 Å². The van der Waals surface area contributed by atoms with E-state index in [1.165, 1.54) is 218 Å². The second-order valence-electron chi connectivity index (χ2n) is 20.9. The lowest BCUT2D eigenvalue weighted by molar-refractivity contribution is -0.161. The number of ether oxygens (including phenoxy) is 2. The summed E-state index contributed by atoms with van der Waals surface area (Å²) in [7, 11) is -4.39. The molecule has 3 N–H and O–H groups in total. The average molecular weight is 1050 g/mol. The van der Waals surface area contributed by atoms with E-state index in [2.05, 4.69) is 62.5 Å². The van der Waals surface area contributed by atoms with Crippen LogP contribution in [-0.4, -0.2) is 49.3 Å². The van der Waals surface area contributed by atoms with Crippen molar-refractivity contribution in [3.8, 4) is 0 Å². The normalized spacial score (nSPS) is 13.3. The molecule has 0 saturated carbocycles. The van der Waals surface area contributed by atoms with Gasteiger partial charge in [0.1, 0.15) is 6.61 Å². The zero-order valence-electron chi connectivity index (χ0n) is 47.9. The summed E-state index contributed by atoms with van der Waals surface area (Å²) in [6.07, 6.45) is 73.2. The summed E-state index contributed by atoms with van der Waals surface area (Å²) in [5.74, 6) is -0.824. The summed E-state index contributed by atoms with van der Waals surface area (Å²) in [6.45, 7) is 3.77. The van der Waals surface area contributed by atoms with Gasteiger partial charge in [-0.15, -0.1) is 0 Å². The second-order valence-corrected chi connectivity index (χ2v) is 22.4. The van der Waals surface area contributed by atoms with Gasteiger partial charge in [-0.2, -0.15) is 0 Å². The molecule has 2 atom stereocenters. The first-order valence-electron chi connectivity index (χ1n) is 31.1. The topological polar surface area (TPSA) is 134 Å². The molecule has 9 nitrogen and oxygen atoms in total. The quantitative estimate of drug-likeness (QED) is 0.0264. The number of carbonyl (C=O) groups excluding carboxylic acids is 2. The van der Waals surface area contributed by atoms with Gasteiger partial charge < -0.3 is 20.1 Å². The zero-order valence-corrected chi connectivity index (χ0v) is 48.8. The summed E-state index contributed by atoms with van der Waals surface area (Å²) in [6, 6.07) is 0. The lowest BCUT2D eigenvalue weighted by Gasteiger charge is -2.19. The van der Waals surface area contributed by atoms with Crippen LogP contribution in [0.4, 0.5) is 0 Å². The number of phosphoric acid groups is 1. The summed E-state index contributed by atoms with van der Waals surface area (Å²) in [5, 5.41) is 0. The Morgan fingerprint density at radius 3 is 1.07 bits per heavy atom. The Morgan fingerprint density at radius 1 is 0.411 bits per heavy atom. The standard InChI is InChI=1S/C63H118NO8P/c1-3-5-7-9-11-13-15-17-19-21-23-25-27-28-29-30-31-32-34-35-37-39-41-43-45-47-49-51-53-55-62(65)69-59-61(60-71-73(67,68)70-58-57-64)72-63(66)56-54-52-50-48-46-44-42-40-38-36-33-26-24-22-20-18-16-14-12-10-8-6-4-2/h16,18,21-24,33,36,61H,3-15,17,19-20,25-32,34-35,37-60,64H2,1-2H3,(H,67,68)/b18-16-,23-21-,24-22-,36-33-. The zero-order chi connectivity index (χ0) is 53.1. The van der Waals surface area contributed by atoms with E-state index in [4.69, 9.17) is 24.3 Å². The number of carbonyl (C=O) groups is 2. The van der Waals surface area contributed by atoms with Crippen molar-refractivity contribution in [3.05, 3.63) is 48.6 Å². The van der Waals surface area contributed by atoms with Crippen LogP contribution in [0.1, 0.15) is 309 Å². The summed E-state index contributed by atoms with van der Waals surface area (Å²) in [4.78, 5) is 35.2. The van der Waals surface area contributed by atoms with E-state index in [9.17, 15) is 19.0 Å². The predicted molar refractivity (Wildman–Crippen MR) is 312 cm³/mol. The molecule has 73 heavy (non-hydrogen) atoms. The summed E-state index contributed by atoms with van der Waals surface area (Å²) < 4.78 is 33.1. The van der Waals surface area contributed by atoms with E-state index in [1.807, 2.05) is 0 Å². The Bertz CT molecular complexity index is 1330. The molecular formula is C63H118NO8P. The maximum absolute atomic E-state index is 12.7. The van der Waals surface area contributed by atoms with Gasteiger partial charge in [-0.3, -0.25) is 18.6 Å². The number of hydrogen-bond donors (Lipinski definition) is 2. The first-order valence-corrected chi connectivity index (χ1v) is 32.6. The molecule has 0 aromatic carbocycles. The second kappa shape index (κ2) is 59.2. The minimum atomic E-state index is -4.39. The number of nitrogens with two attached hydrogens (primary N) is 1. The van der Waals surface area contributed by atoms with E-state index in [1.54, 1.807) is 0 Å². The van der Waals surface area contributed by atoms with Gasteiger partial charge >= 0.3 is 19.8 Å². The molecule has 0 fully saturated rings. The van der Waals surface area contributed by atoms with Crippen molar-refractivity contribution in [2.45, 2.75) is 315 Å². The smallest absolute Gasteiger partial charge is 0.462 e. The summed E-state index contributed by atoms with van der Waals surface area (Å²) >= 11 is 0. The van der Waals surface area contributed by atoms with Crippen LogP contribution in [0, 0.1) is 0 Å². The van der Waals surface area contributed by atoms with E-state index in [-0.39, 0.29) is 38.6 Å². The SMILES string of the molecule is CCCCCCC/C=C\C/C=C\C/C=C\CCCCCCCCCCC(=O)OC(COC(=O)CCCCCCCCCCCCCCCCCCC/C=C\CCCCCCCCCC)COP(=O)(O)OCCN. The number of unbranched alkanes of at least 4 members (excludes halogenated alkanes) is 38. The van der Waals surface area contributed by atoms with Crippen LogP contribution in [0.5, 0.6) is 0 Å². The Balaban J connectivity index is 3.92. The minimum absolute atomic E-state index is 0.0520. The average Bonchev–Trinajstić information content (AvgIpc) is 3.38. The van der Waals surface area contributed by atoms with Crippen molar-refractivity contribution in [2.75, 3.05) is 26.4 Å². The molecule has 0 aromatic heterocycles. The Kier molecular flexibility index (Phi) is 57.6. The van der Waals surface area contributed by atoms with Gasteiger partial charge in [0.15, 0.2) is 6.10 Å². The molecular weight excluding hydrogens is 930 g/mol. The number of hydrogen-bond acceptors (Lipinski definition) is 8. The molecule has 2 unspecified atom stereocenters. The van der Waals surface area contributed by atoms with Crippen molar-refractivity contribution in [3.63, 3.8) is 0 Å². The fourth-order valence-electron chi connectivity index (χ4n) is 9.05. The molecule has 428 valence electrons. The van der Waals surface area contributed by atoms with E-state index in [0.29, 0.717) is 6.42 Å². The Hall–Kier alpha value is -2.03.